The van der Waals surface area contributed by atoms with Gasteiger partial charge in [-0.2, -0.15) is 0 Å². The maximum absolute atomic E-state index is 12.2. The predicted octanol–water partition coefficient (Wildman–Crippen LogP) is 0.959. The Balaban J connectivity index is 1.36. The molecule has 5 heteroatoms. The molecule has 0 aromatic rings. The van der Waals surface area contributed by atoms with Crippen LogP contribution in [0.1, 0.15) is 32.6 Å². The van der Waals surface area contributed by atoms with Gasteiger partial charge in [-0.05, 0) is 39.7 Å². The minimum absolute atomic E-state index is 0.122. The highest BCUT2D eigenvalue weighted by Gasteiger charge is 2.32. The highest BCUT2D eigenvalue weighted by Crippen LogP contribution is 2.27. The molecule has 1 unspecified atom stereocenters. The maximum Gasteiger partial charge on any atom is 0.317 e. The van der Waals surface area contributed by atoms with Crippen LogP contribution in [0.5, 0.6) is 0 Å². The number of urea groups is 1. The van der Waals surface area contributed by atoms with Gasteiger partial charge in [-0.1, -0.05) is 0 Å². The van der Waals surface area contributed by atoms with Crippen molar-refractivity contribution in [3.8, 4) is 0 Å². The van der Waals surface area contributed by atoms with Crippen LogP contribution < -0.4 is 5.32 Å². The Bertz CT molecular complexity index is 346. The van der Waals surface area contributed by atoms with Gasteiger partial charge in [0, 0.05) is 50.8 Å². The van der Waals surface area contributed by atoms with Gasteiger partial charge >= 0.3 is 6.03 Å². The van der Waals surface area contributed by atoms with Crippen molar-refractivity contribution in [3.63, 3.8) is 0 Å². The fourth-order valence-corrected chi connectivity index (χ4v) is 3.06. The first-order valence-corrected chi connectivity index (χ1v) is 8.14. The Kier molecular flexibility index (Phi) is 4.17. The molecule has 3 aliphatic rings. The average molecular weight is 280 g/mol. The van der Waals surface area contributed by atoms with E-state index in [0.717, 1.165) is 44.8 Å². The molecule has 0 bridgehead atoms. The normalized spacial score (nSPS) is 25.9. The first kappa shape index (κ1) is 14.1. The third kappa shape index (κ3) is 3.44. The number of nitrogens with zero attached hydrogens (tertiary/aromatic N) is 3. The molecular weight excluding hydrogens is 252 g/mol. The molecule has 3 fully saturated rings. The molecule has 1 saturated heterocycles. The maximum atomic E-state index is 12.2. The molecule has 0 aromatic carbocycles. The zero-order valence-corrected chi connectivity index (χ0v) is 12.8. The van der Waals surface area contributed by atoms with Crippen LogP contribution in [0.4, 0.5) is 4.79 Å². The summed E-state index contributed by atoms with van der Waals surface area (Å²) in [5.41, 5.74) is 0. The van der Waals surface area contributed by atoms with Crippen molar-refractivity contribution in [1.29, 1.82) is 0 Å². The number of carbonyl (C=O) groups excluding carboxylic acids is 1. The molecule has 1 heterocycles. The molecule has 1 atom stereocenters. The zero-order chi connectivity index (χ0) is 14.1. The molecule has 5 nitrogen and oxygen atoms in total. The monoisotopic (exact) mass is 280 g/mol. The van der Waals surface area contributed by atoms with Gasteiger partial charge in [0.15, 0.2) is 0 Å². The molecule has 1 N–H and O–H groups in total. The van der Waals surface area contributed by atoms with Crippen molar-refractivity contribution < 1.29 is 4.79 Å². The Hall–Kier alpha value is -0.810. The largest absolute Gasteiger partial charge is 0.336 e. The number of piperazine rings is 1. The second kappa shape index (κ2) is 5.90. The van der Waals surface area contributed by atoms with Crippen LogP contribution in [-0.2, 0) is 0 Å². The van der Waals surface area contributed by atoms with Gasteiger partial charge in [0.05, 0.1) is 0 Å². The number of carbonyl (C=O) groups is 1. The number of amides is 2. The van der Waals surface area contributed by atoms with Gasteiger partial charge in [0.25, 0.3) is 0 Å². The molecular formula is C15H28N4O. The van der Waals surface area contributed by atoms with Gasteiger partial charge in [0.1, 0.15) is 0 Å². The standard InChI is InChI=1S/C15H28N4O/c1-12(17(2)13-3-4-13)11-16-15(20)19-9-7-18(8-10-19)14-5-6-14/h12-14H,3-11H2,1-2H3,(H,16,20). The van der Waals surface area contributed by atoms with Crippen molar-refractivity contribution in [1.82, 2.24) is 20.0 Å². The van der Waals surface area contributed by atoms with Gasteiger partial charge in [0.2, 0.25) is 0 Å². The van der Waals surface area contributed by atoms with Crippen molar-refractivity contribution in [3.05, 3.63) is 0 Å². The van der Waals surface area contributed by atoms with E-state index < -0.39 is 0 Å². The third-order valence-electron chi connectivity index (χ3n) is 5.03. The van der Waals surface area contributed by atoms with E-state index in [2.05, 4.69) is 29.1 Å². The molecule has 114 valence electrons. The molecule has 2 aliphatic carbocycles. The fraction of sp³-hybridized carbons (Fsp3) is 0.933. The summed E-state index contributed by atoms with van der Waals surface area (Å²) in [6, 6.07) is 2.13. The third-order valence-corrected chi connectivity index (χ3v) is 5.03. The Morgan fingerprint density at radius 1 is 1.20 bits per heavy atom. The first-order valence-electron chi connectivity index (χ1n) is 8.14. The van der Waals surface area contributed by atoms with Crippen molar-refractivity contribution in [2.24, 2.45) is 0 Å². The molecule has 20 heavy (non-hydrogen) atoms. The summed E-state index contributed by atoms with van der Waals surface area (Å²) in [4.78, 5) is 19.1. The Labute approximate surface area is 122 Å². The van der Waals surface area contributed by atoms with Crippen molar-refractivity contribution in [2.45, 2.75) is 50.7 Å². The van der Waals surface area contributed by atoms with E-state index in [0.29, 0.717) is 6.04 Å². The summed E-state index contributed by atoms with van der Waals surface area (Å²) in [5.74, 6) is 0. The van der Waals surface area contributed by atoms with Gasteiger partial charge in [-0.3, -0.25) is 9.80 Å². The molecule has 0 aromatic heterocycles. The van der Waals surface area contributed by atoms with Gasteiger partial charge < -0.3 is 10.2 Å². The molecule has 0 spiro atoms. The van der Waals surface area contributed by atoms with E-state index in [1.165, 1.54) is 25.7 Å². The van der Waals surface area contributed by atoms with Crippen LogP contribution >= 0.6 is 0 Å². The van der Waals surface area contributed by atoms with Crippen molar-refractivity contribution in [2.75, 3.05) is 39.8 Å². The lowest BCUT2D eigenvalue weighted by Crippen LogP contribution is -2.53. The molecule has 0 radical (unpaired) electrons. The lowest BCUT2D eigenvalue weighted by atomic mass is 10.3. The van der Waals surface area contributed by atoms with Crippen LogP contribution in [0.25, 0.3) is 0 Å². The quantitative estimate of drug-likeness (QED) is 0.815. The smallest absolute Gasteiger partial charge is 0.317 e. The molecule has 3 rings (SSSR count). The van der Waals surface area contributed by atoms with Crippen LogP contribution in [0.15, 0.2) is 0 Å². The fourth-order valence-electron chi connectivity index (χ4n) is 3.06. The number of hydrogen-bond acceptors (Lipinski definition) is 3. The molecule has 1 aliphatic heterocycles. The Morgan fingerprint density at radius 2 is 1.85 bits per heavy atom. The topological polar surface area (TPSA) is 38.8 Å². The second-order valence-corrected chi connectivity index (χ2v) is 6.69. The lowest BCUT2D eigenvalue weighted by molar-refractivity contribution is 0.132. The summed E-state index contributed by atoms with van der Waals surface area (Å²) in [5, 5.41) is 3.10. The van der Waals surface area contributed by atoms with E-state index in [4.69, 9.17) is 0 Å². The Morgan fingerprint density at radius 3 is 2.40 bits per heavy atom. The van der Waals surface area contributed by atoms with Gasteiger partial charge in [-0.15, -0.1) is 0 Å². The summed E-state index contributed by atoms with van der Waals surface area (Å²) < 4.78 is 0. The average Bonchev–Trinajstić information content (AvgIpc) is 3.34. The van der Waals surface area contributed by atoms with Crippen LogP contribution in [0.2, 0.25) is 0 Å². The van der Waals surface area contributed by atoms with Crippen LogP contribution in [-0.4, -0.2) is 78.6 Å². The van der Waals surface area contributed by atoms with E-state index in [-0.39, 0.29) is 6.03 Å². The number of hydrogen-bond donors (Lipinski definition) is 1. The van der Waals surface area contributed by atoms with Crippen molar-refractivity contribution >= 4 is 6.03 Å². The lowest BCUT2D eigenvalue weighted by Gasteiger charge is -2.35. The van der Waals surface area contributed by atoms with E-state index in [9.17, 15) is 4.79 Å². The first-order chi connectivity index (χ1) is 9.65. The van der Waals surface area contributed by atoms with Gasteiger partial charge in [-0.25, -0.2) is 4.79 Å². The predicted molar refractivity (Wildman–Crippen MR) is 79.8 cm³/mol. The van der Waals surface area contributed by atoms with Crippen LogP contribution in [0, 0.1) is 0 Å². The summed E-state index contributed by atoms with van der Waals surface area (Å²) in [7, 11) is 2.17. The molecule has 2 saturated carbocycles. The van der Waals surface area contributed by atoms with E-state index in [1.807, 2.05) is 4.90 Å². The highest BCUT2D eigenvalue weighted by molar-refractivity contribution is 5.74. The summed E-state index contributed by atoms with van der Waals surface area (Å²) >= 11 is 0. The summed E-state index contributed by atoms with van der Waals surface area (Å²) in [6.07, 6.45) is 5.35. The van der Waals surface area contributed by atoms with E-state index >= 15 is 0 Å². The zero-order valence-electron chi connectivity index (χ0n) is 12.8. The summed E-state index contributed by atoms with van der Waals surface area (Å²) in [6.45, 7) is 6.83. The minimum atomic E-state index is 0.122. The van der Waals surface area contributed by atoms with E-state index in [1.54, 1.807) is 0 Å². The number of likely N-dealkylation sites (N-methyl/N-ethyl adjacent to an activating group) is 1. The second-order valence-electron chi connectivity index (χ2n) is 6.69. The minimum Gasteiger partial charge on any atom is -0.336 e. The number of rotatable bonds is 5. The SMILES string of the molecule is CC(CNC(=O)N1CCN(C2CC2)CC1)N(C)C1CC1. The van der Waals surface area contributed by atoms with Crippen LogP contribution in [0.3, 0.4) is 0 Å². The highest BCUT2D eigenvalue weighted by atomic mass is 16.2. The molecule has 2 amide bonds. The number of nitrogens with one attached hydrogen (secondary N) is 1.